The molecule has 5 heteroatoms. The summed E-state index contributed by atoms with van der Waals surface area (Å²) in [6.07, 6.45) is 2.31. The maximum Gasteiger partial charge on any atom is 0.263 e. The first kappa shape index (κ1) is 13.6. The number of aromatic nitrogens is 1. The number of rotatable bonds is 2. The van der Waals surface area contributed by atoms with Crippen LogP contribution in [0.5, 0.6) is 0 Å². The van der Waals surface area contributed by atoms with Gasteiger partial charge in [-0.25, -0.2) is 0 Å². The number of carbonyl (C=O) groups is 1. The molecule has 3 N–H and O–H groups in total. The number of nitrogens with zero attached hydrogens (tertiary/aromatic N) is 1. The Labute approximate surface area is 122 Å². The van der Waals surface area contributed by atoms with Gasteiger partial charge in [-0.1, -0.05) is 24.3 Å². The monoisotopic (exact) mass is 283 g/mol. The van der Waals surface area contributed by atoms with Crippen LogP contribution >= 0.6 is 0 Å². The smallest absolute Gasteiger partial charge is 0.263 e. The molecule has 1 aliphatic carbocycles. The first-order chi connectivity index (χ1) is 10.1. The van der Waals surface area contributed by atoms with Crippen molar-refractivity contribution in [2.45, 2.75) is 18.5 Å². The maximum absolute atomic E-state index is 12.3. The number of amides is 1. The number of aryl methyl sites for hydroxylation is 1. The van der Waals surface area contributed by atoms with E-state index in [2.05, 4.69) is 5.32 Å². The average Bonchev–Trinajstić information content (AvgIpc) is 2.79. The zero-order valence-electron chi connectivity index (χ0n) is 11.7. The third-order valence-corrected chi connectivity index (χ3v) is 3.97. The van der Waals surface area contributed by atoms with Crippen molar-refractivity contribution >= 4 is 5.91 Å². The van der Waals surface area contributed by atoms with E-state index in [1.54, 1.807) is 19.3 Å². The lowest BCUT2D eigenvalue weighted by molar-refractivity contribution is 0.0931. The van der Waals surface area contributed by atoms with E-state index >= 15 is 0 Å². The molecule has 0 saturated heterocycles. The Balaban J connectivity index is 1.81. The molecule has 0 unspecified atom stereocenters. The molecule has 3 rings (SSSR count). The summed E-state index contributed by atoms with van der Waals surface area (Å²) in [5.41, 5.74) is 8.23. The van der Waals surface area contributed by atoms with Crippen molar-refractivity contribution < 1.29 is 4.79 Å². The Morgan fingerprint density at radius 1 is 1.29 bits per heavy atom. The first-order valence-electron chi connectivity index (χ1n) is 6.88. The molecule has 1 amide bonds. The molecule has 0 bridgehead atoms. The van der Waals surface area contributed by atoms with Crippen LogP contribution in [0.2, 0.25) is 0 Å². The van der Waals surface area contributed by atoms with Crippen LogP contribution in [-0.2, 0) is 13.5 Å². The molecule has 0 saturated carbocycles. The lowest BCUT2D eigenvalue weighted by Gasteiger charge is -2.17. The Kier molecular flexibility index (Phi) is 3.35. The van der Waals surface area contributed by atoms with E-state index in [9.17, 15) is 9.59 Å². The minimum absolute atomic E-state index is 0.142. The Morgan fingerprint density at radius 2 is 2.05 bits per heavy atom. The lowest BCUT2D eigenvalue weighted by Crippen LogP contribution is -2.42. The number of nitrogens with two attached hydrogens (primary N) is 1. The summed E-state index contributed by atoms with van der Waals surface area (Å²) in [5, 5.41) is 2.88. The van der Waals surface area contributed by atoms with E-state index in [-0.39, 0.29) is 29.1 Å². The van der Waals surface area contributed by atoms with E-state index < -0.39 is 0 Å². The molecule has 1 heterocycles. The van der Waals surface area contributed by atoms with Crippen molar-refractivity contribution in [3.63, 3.8) is 0 Å². The van der Waals surface area contributed by atoms with Crippen LogP contribution in [0, 0.1) is 0 Å². The van der Waals surface area contributed by atoms with Crippen molar-refractivity contribution in [2.75, 3.05) is 0 Å². The lowest BCUT2D eigenvalue weighted by atomic mass is 10.1. The summed E-state index contributed by atoms with van der Waals surface area (Å²) < 4.78 is 1.39. The van der Waals surface area contributed by atoms with Gasteiger partial charge in [0, 0.05) is 13.2 Å². The number of hydrogen-bond donors (Lipinski definition) is 2. The largest absolute Gasteiger partial charge is 0.347 e. The number of carbonyl (C=O) groups excluding carboxylic acids is 1. The van der Waals surface area contributed by atoms with Crippen LogP contribution in [0.25, 0.3) is 0 Å². The summed E-state index contributed by atoms with van der Waals surface area (Å²) in [5.74, 6) is -0.371. The second-order valence-electron chi connectivity index (χ2n) is 5.35. The van der Waals surface area contributed by atoms with Gasteiger partial charge in [0.25, 0.3) is 11.5 Å². The number of hydrogen-bond acceptors (Lipinski definition) is 3. The fourth-order valence-electron chi connectivity index (χ4n) is 2.78. The highest BCUT2D eigenvalue weighted by molar-refractivity contribution is 5.94. The summed E-state index contributed by atoms with van der Waals surface area (Å²) in [4.78, 5) is 24.2. The van der Waals surface area contributed by atoms with Crippen LogP contribution in [0.3, 0.4) is 0 Å². The summed E-state index contributed by atoms with van der Waals surface area (Å²) in [6.45, 7) is 0. The van der Waals surface area contributed by atoms with Gasteiger partial charge < -0.3 is 15.6 Å². The molecule has 1 aliphatic rings. The molecular formula is C16H17N3O2. The van der Waals surface area contributed by atoms with Gasteiger partial charge in [0.15, 0.2) is 0 Å². The Morgan fingerprint density at radius 3 is 2.81 bits per heavy atom. The highest BCUT2D eigenvalue weighted by Gasteiger charge is 2.31. The van der Waals surface area contributed by atoms with Gasteiger partial charge in [0.2, 0.25) is 0 Å². The first-order valence-corrected chi connectivity index (χ1v) is 6.88. The van der Waals surface area contributed by atoms with Gasteiger partial charge in [-0.05, 0) is 29.7 Å². The highest BCUT2D eigenvalue weighted by atomic mass is 16.2. The molecule has 21 heavy (non-hydrogen) atoms. The molecule has 2 aromatic rings. The zero-order valence-corrected chi connectivity index (χ0v) is 11.7. The Bertz CT molecular complexity index is 751. The molecule has 108 valence electrons. The molecule has 5 nitrogen and oxygen atoms in total. The Hall–Kier alpha value is -2.40. The minimum Gasteiger partial charge on any atom is -0.347 e. The number of benzene rings is 1. The predicted molar refractivity (Wildman–Crippen MR) is 80.0 cm³/mol. The van der Waals surface area contributed by atoms with Gasteiger partial charge >= 0.3 is 0 Å². The summed E-state index contributed by atoms with van der Waals surface area (Å²) in [6, 6.07) is 10.7. The maximum atomic E-state index is 12.3. The van der Waals surface area contributed by atoms with Crippen LogP contribution in [0.4, 0.5) is 0 Å². The van der Waals surface area contributed by atoms with Gasteiger partial charge in [-0.2, -0.15) is 0 Å². The molecule has 0 radical (unpaired) electrons. The van der Waals surface area contributed by atoms with Crippen LogP contribution in [-0.4, -0.2) is 16.5 Å². The van der Waals surface area contributed by atoms with Gasteiger partial charge in [-0.3, -0.25) is 9.59 Å². The van der Waals surface area contributed by atoms with Crippen molar-refractivity contribution in [1.29, 1.82) is 0 Å². The molecule has 1 aromatic heterocycles. The quantitative estimate of drug-likeness (QED) is 0.853. The van der Waals surface area contributed by atoms with Crippen LogP contribution in [0.1, 0.15) is 27.5 Å². The summed E-state index contributed by atoms with van der Waals surface area (Å²) in [7, 11) is 1.62. The van der Waals surface area contributed by atoms with Crippen molar-refractivity contribution in [1.82, 2.24) is 9.88 Å². The second kappa shape index (κ2) is 5.18. The van der Waals surface area contributed by atoms with Crippen LogP contribution in [0.15, 0.2) is 47.4 Å². The average molecular weight is 283 g/mol. The van der Waals surface area contributed by atoms with Crippen LogP contribution < -0.4 is 16.6 Å². The predicted octanol–water partition coefficient (Wildman–Crippen LogP) is 0.740. The van der Waals surface area contributed by atoms with E-state index in [0.29, 0.717) is 6.42 Å². The van der Waals surface area contributed by atoms with Crippen molar-refractivity contribution in [3.8, 4) is 0 Å². The van der Waals surface area contributed by atoms with E-state index in [4.69, 9.17) is 5.73 Å². The van der Waals surface area contributed by atoms with Gasteiger partial charge in [0.1, 0.15) is 5.56 Å². The SMILES string of the molecule is Cn1cccc(C(=O)N[C@@H]2Cc3ccccc3[C@H]2N)c1=O. The fourth-order valence-corrected chi connectivity index (χ4v) is 2.78. The third-order valence-electron chi connectivity index (χ3n) is 3.97. The van der Waals surface area contributed by atoms with E-state index in [1.807, 2.05) is 24.3 Å². The zero-order chi connectivity index (χ0) is 15.0. The van der Waals surface area contributed by atoms with Gasteiger partial charge in [-0.15, -0.1) is 0 Å². The molecule has 0 fully saturated rings. The standard InChI is InChI=1S/C16H17N3O2/c1-19-8-4-7-12(16(19)21)15(20)18-13-9-10-5-2-3-6-11(10)14(13)17/h2-8,13-14H,9,17H2,1H3,(H,18,20)/t13-,14-/m1/s1. The molecule has 0 aliphatic heterocycles. The molecule has 1 aromatic carbocycles. The number of pyridine rings is 1. The van der Waals surface area contributed by atoms with E-state index in [0.717, 1.165) is 11.1 Å². The van der Waals surface area contributed by atoms with Crippen molar-refractivity contribution in [3.05, 3.63) is 69.6 Å². The van der Waals surface area contributed by atoms with Crippen molar-refractivity contribution in [2.24, 2.45) is 12.8 Å². The fraction of sp³-hybridized carbons (Fsp3) is 0.250. The third kappa shape index (κ3) is 2.36. The van der Waals surface area contributed by atoms with Gasteiger partial charge in [0.05, 0.1) is 12.1 Å². The van der Waals surface area contributed by atoms with E-state index in [1.165, 1.54) is 10.6 Å². The summed E-state index contributed by atoms with van der Waals surface area (Å²) >= 11 is 0. The molecule has 0 spiro atoms. The number of nitrogens with one attached hydrogen (secondary N) is 1. The topological polar surface area (TPSA) is 77.1 Å². The highest BCUT2D eigenvalue weighted by Crippen LogP contribution is 2.29. The molecular weight excluding hydrogens is 266 g/mol. The normalized spacial score (nSPS) is 20.1. The number of fused-ring (bicyclic) bond motifs is 1. The minimum atomic E-state index is -0.371. The second-order valence-corrected chi connectivity index (χ2v) is 5.35. The molecule has 2 atom stereocenters.